The number of halogens is 1. The molecule has 3 nitrogen and oxygen atoms in total. The number of benzene rings is 1. The predicted octanol–water partition coefficient (Wildman–Crippen LogP) is 3.10. The van der Waals surface area contributed by atoms with E-state index in [0.29, 0.717) is 18.3 Å². The Hall–Kier alpha value is -0.580. The first kappa shape index (κ1) is 16.5. The van der Waals surface area contributed by atoms with Crippen LogP contribution in [0.3, 0.4) is 0 Å². The minimum Gasteiger partial charge on any atom is -0.212 e. The highest BCUT2D eigenvalue weighted by atomic mass is 35.5. The lowest BCUT2D eigenvalue weighted by Gasteiger charge is -2.11. The van der Waals surface area contributed by atoms with Gasteiger partial charge in [-0.1, -0.05) is 45.0 Å². The Morgan fingerprint density at radius 1 is 1.16 bits per heavy atom. The zero-order valence-corrected chi connectivity index (χ0v) is 13.3. The Bertz CT molecular complexity index is 483. The Morgan fingerprint density at radius 2 is 1.74 bits per heavy atom. The molecule has 0 radical (unpaired) electrons. The van der Waals surface area contributed by atoms with Crippen LogP contribution >= 0.6 is 11.6 Å². The molecular formula is C14H22ClNO2S. The zero-order valence-electron chi connectivity index (χ0n) is 11.7. The minimum atomic E-state index is -3.25. The van der Waals surface area contributed by atoms with Crippen molar-refractivity contribution < 1.29 is 8.42 Å². The van der Waals surface area contributed by atoms with Crippen LogP contribution in [0.2, 0.25) is 0 Å². The maximum absolute atomic E-state index is 11.8. The molecule has 0 spiro atoms. The average molecular weight is 304 g/mol. The number of alkyl halides is 1. The molecule has 1 atom stereocenters. The number of hydrogen-bond acceptors (Lipinski definition) is 2. The number of sulfonamides is 1. The van der Waals surface area contributed by atoms with Gasteiger partial charge in [0.25, 0.3) is 0 Å². The summed E-state index contributed by atoms with van der Waals surface area (Å²) in [5.41, 5.74) is 2.22. The molecule has 0 saturated heterocycles. The van der Waals surface area contributed by atoms with Gasteiger partial charge in [0.2, 0.25) is 10.0 Å². The lowest BCUT2D eigenvalue weighted by Crippen LogP contribution is -2.29. The quantitative estimate of drug-likeness (QED) is 0.787. The van der Waals surface area contributed by atoms with Gasteiger partial charge in [-0.15, -0.1) is 11.6 Å². The summed E-state index contributed by atoms with van der Waals surface area (Å²) in [6, 6.07) is 8.00. The summed E-state index contributed by atoms with van der Waals surface area (Å²) in [5.74, 6) is 0.864. The summed E-state index contributed by atoms with van der Waals surface area (Å²) in [4.78, 5) is 0. The van der Waals surface area contributed by atoms with Gasteiger partial charge in [0.15, 0.2) is 0 Å². The fourth-order valence-electron chi connectivity index (χ4n) is 1.69. The maximum Gasteiger partial charge on any atom is 0.212 e. The van der Waals surface area contributed by atoms with E-state index in [4.69, 9.17) is 11.6 Å². The molecule has 0 aromatic heterocycles. The summed E-state index contributed by atoms with van der Waals surface area (Å²) in [7, 11) is -3.25. The van der Waals surface area contributed by atoms with Gasteiger partial charge in [-0.2, -0.15) is 0 Å². The zero-order chi connectivity index (χ0) is 14.5. The molecule has 0 bridgehead atoms. The van der Waals surface area contributed by atoms with E-state index < -0.39 is 10.0 Å². The molecule has 5 heteroatoms. The standard InChI is InChI=1S/C14H22ClNO2S/c1-11(2)14-6-4-13(5-7-14)9-16-19(17,18)10-12(3)8-15/h4-7,11-12,16H,8-10H2,1-3H3. The molecule has 1 N–H and O–H groups in total. The second-order valence-corrected chi connectivity index (χ2v) is 7.42. The monoisotopic (exact) mass is 303 g/mol. The van der Waals surface area contributed by atoms with E-state index in [0.717, 1.165) is 5.56 Å². The normalized spacial score (nSPS) is 13.7. The van der Waals surface area contributed by atoms with Crippen LogP contribution in [0.5, 0.6) is 0 Å². The van der Waals surface area contributed by atoms with Crippen molar-refractivity contribution in [2.75, 3.05) is 11.6 Å². The van der Waals surface area contributed by atoms with Crippen LogP contribution in [0, 0.1) is 5.92 Å². The van der Waals surface area contributed by atoms with Crippen molar-refractivity contribution in [3.05, 3.63) is 35.4 Å². The molecule has 19 heavy (non-hydrogen) atoms. The van der Waals surface area contributed by atoms with E-state index in [-0.39, 0.29) is 11.7 Å². The fourth-order valence-corrected chi connectivity index (χ4v) is 3.30. The van der Waals surface area contributed by atoms with E-state index in [1.807, 2.05) is 31.2 Å². The SMILES string of the molecule is CC(CCl)CS(=O)(=O)NCc1ccc(C(C)C)cc1. The van der Waals surface area contributed by atoms with Crippen molar-refractivity contribution in [3.63, 3.8) is 0 Å². The van der Waals surface area contributed by atoms with Crippen molar-refractivity contribution in [2.45, 2.75) is 33.2 Å². The van der Waals surface area contributed by atoms with Crippen LogP contribution in [0.25, 0.3) is 0 Å². The first-order chi connectivity index (χ1) is 8.84. The van der Waals surface area contributed by atoms with Crippen molar-refractivity contribution in [1.82, 2.24) is 4.72 Å². The van der Waals surface area contributed by atoms with E-state index >= 15 is 0 Å². The maximum atomic E-state index is 11.8. The largest absolute Gasteiger partial charge is 0.212 e. The van der Waals surface area contributed by atoms with Gasteiger partial charge in [-0.25, -0.2) is 13.1 Å². The smallest absolute Gasteiger partial charge is 0.212 e. The molecule has 108 valence electrons. The highest BCUT2D eigenvalue weighted by Crippen LogP contribution is 2.14. The minimum absolute atomic E-state index is 0.0394. The topological polar surface area (TPSA) is 46.2 Å². The van der Waals surface area contributed by atoms with Crippen LogP contribution in [-0.2, 0) is 16.6 Å². The summed E-state index contributed by atoms with van der Waals surface area (Å²) in [6.45, 7) is 6.41. The van der Waals surface area contributed by atoms with Gasteiger partial charge < -0.3 is 0 Å². The molecule has 0 aliphatic rings. The molecular weight excluding hydrogens is 282 g/mol. The first-order valence-corrected chi connectivity index (χ1v) is 8.65. The molecule has 1 aromatic rings. The second-order valence-electron chi connectivity index (χ2n) is 5.26. The third-order valence-electron chi connectivity index (χ3n) is 2.91. The molecule has 1 aromatic carbocycles. The summed E-state index contributed by atoms with van der Waals surface area (Å²) in [6.07, 6.45) is 0. The Balaban J connectivity index is 2.57. The lowest BCUT2D eigenvalue weighted by molar-refractivity contribution is 0.568. The summed E-state index contributed by atoms with van der Waals surface area (Å²) >= 11 is 5.63. The molecule has 0 fully saturated rings. The van der Waals surface area contributed by atoms with Gasteiger partial charge in [0.1, 0.15) is 0 Å². The van der Waals surface area contributed by atoms with Gasteiger partial charge in [0, 0.05) is 12.4 Å². The van der Waals surface area contributed by atoms with Gasteiger partial charge in [-0.05, 0) is 23.0 Å². The van der Waals surface area contributed by atoms with Crippen LogP contribution in [-0.4, -0.2) is 20.1 Å². The second kappa shape index (κ2) is 7.27. The number of nitrogens with one attached hydrogen (secondary N) is 1. The predicted molar refractivity (Wildman–Crippen MR) is 81.0 cm³/mol. The van der Waals surface area contributed by atoms with Gasteiger partial charge in [0.05, 0.1) is 5.75 Å². The van der Waals surface area contributed by atoms with E-state index in [1.54, 1.807) is 0 Å². The third kappa shape index (κ3) is 5.93. The fraction of sp³-hybridized carbons (Fsp3) is 0.571. The van der Waals surface area contributed by atoms with Crippen LogP contribution in [0.1, 0.15) is 37.8 Å². The lowest BCUT2D eigenvalue weighted by atomic mass is 10.0. The van der Waals surface area contributed by atoms with Crippen LogP contribution in [0.4, 0.5) is 0 Å². The van der Waals surface area contributed by atoms with Crippen LogP contribution in [0.15, 0.2) is 24.3 Å². The number of hydrogen-bond donors (Lipinski definition) is 1. The van der Waals surface area contributed by atoms with Crippen molar-refractivity contribution in [2.24, 2.45) is 5.92 Å². The molecule has 0 amide bonds. The van der Waals surface area contributed by atoms with Crippen molar-refractivity contribution in [3.8, 4) is 0 Å². The average Bonchev–Trinajstić information content (AvgIpc) is 2.36. The van der Waals surface area contributed by atoms with Crippen molar-refractivity contribution in [1.29, 1.82) is 0 Å². The van der Waals surface area contributed by atoms with Crippen LogP contribution < -0.4 is 4.72 Å². The first-order valence-electron chi connectivity index (χ1n) is 6.46. The molecule has 1 rings (SSSR count). The highest BCUT2D eigenvalue weighted by Gasteiger charge is 2.14. The molecule has 0 aliphatic heterocycles. The van der Waals surface area contributed by atoms with E-state index in [2.05, 4.69) is 18.6 Å². The summed E-state index contributed by atoms with van der Waals surface area (Å²) in [5, 5.41) is 0. The van der Waals surface area contributed by atoms with Gasteiger partial charge in [-0.3, -0.25) is 0 Å². The number of rotatable bonds is 7. The molecule has 0 heterocycles. The summed E-state index contributed by atoms with van der Waals surface area (Å²) < 4.78 is 26.2. The van der Waals surface area contributed by atoms with E-state index in [1.165, 1.54) is 5.56 Å². The molecule has 1 unspecified atom stereocenters. The Kier molecular flexibility index (Phi) is 6.30. The van der Waals surface area contributed by atoms with Crippen molar-refractivity contribution >= 4 is 21.6 Å². The Morgan fingerprint density at radius 3 is 2.21 bits per heavy atom. The highest BCUT2D eigenvalue weighted by molar-refractivity contribution is 7.89. The molecule has 0 aliphatic carbocycles. The van der Waals surface area contributed by atoms with E-state index in [9.17, 15) is 8.42 Å². The molecule has 0 saturated carbocycles. The third-order valence-corrected chi connectivity index (χ3v) is 5.03. The Labute approximate surface area is 121 Å². The van der Waals surface area contributed by atoms with Gasteiger partial charge >= 0.3 is 0 Å².